The van der Waals surface area contributed by atoms with Crippen LogP contribution in [0, 0.1) is 0 Å². The van der Waals surface area contributed by atoms with E-state index in [-0.39, 0.29) is 5.91 Å². The largest absolute Gasteiger partial charge is 0.493 e. The standard InChI is InChI=1S/C31H23Br2N3O3/c1-38-29-16-24(33)15-22(30(29)39-19-20-11-13-23(32)14-12-20)18-34-36-31(37)26-17-28(21-7-3-2-4-8-21)35-27-10-6-5-9-25(26)27/h2-18H,19H2,1H3,(H,36,37)/b34-18-. The zero-order valence-electron chi connectivity index (χ0n) is 20.9. The Morgan fingerprint density at radius 1 is 0.923 bits per heavy atom. The molecule has 0 saturated carbocycles. The molecule has 39 heavy (non-hydrogen) atoms. The highest BCUT2D eigenvalue weighted by atomic mass is 79.9. The normalized spacial score (nSPS) is 11.1. The Morgan fingerprint density at radius 2 is 1.67 bits per heavy atom. The number of para-hydroxylation sites is 1. The number of hydrazone groups is 1. The number of benzene rings is 4. The SMILES string of the molecule is COc1cc(Br)cc(/C=N\NC(=O)c2cc(-c3ccccc3)nc3ccccc23)c1OCc1ccc(Br)cc1. The van der Waals surface area contributed by atoms with E-state index < -0.39 is 0 Å². The molecule has 1 amide bonds. The number of hydrogen-bond donors (Lipinski definition) is 1. The van der Waals surface area contributed by atoms with Crippen LogP contribution in [-0.4, -0.2) is 24.2 Å². The third kappa shape index (κ3) is 6.35. The molecule has 0 aliphatic heterocycles. The van der Waals surface area contributed by atoms with Crippen molar-refractivity contribution in [1.29, 1.82) is 0 Å². The fourth-order valence-corrected chi connectivity index (χ4v) is 4.79. The summed E-state index contributed by atoms with van der Waals surface area (Å²) in [5, 5.41) is 5.01. The molecule has 194 valence electrons. The van der Waals surface area contributed by atoms with Gasteiger partial charge >= 0.3 is 0 Å². The summed E-state index contributed by atoms with van der Waals surface area (Å²) in [7, 11) is 1.58. The van der Waals surface area contributed by atoms with Gasteiger partial charge < -0.3 is 9.47 Å². The number of ether oxygens (including phenoxy) is 2. The van der Waals surface area contributed by atoms with Gasteiger partial charge in [0.2, 0.25) is 0 Å². The highest BCUT2D eigenvalue weighted by Crippen LogP contribution is 2.35. The number of rotatable bonds is 8. The summed E-state index contributed by atoms with van der Waals surface area (Å²) in [4.78, 5) is 18.1. The van der Waals surface area contributed by atoms with Crippen molar-refractivity contribution in [3.05, 3.63) is 123 Å². The molecule has 5 rings (SSSR count). The summed E-state index contributed by atoms with van der Waals surface area (Å²) in [5.41, 5.74) is 7.16. The molecule has 0 aliphatic carbocycles. The van der Waals surface area contributed by atoms with Gasteiger partial charge in [-0.25, -0.2) is 10.4 Å². The molecule has 0 radical (unpaired) electrons. The first-order chi connectivity index (χ1) is 19.0. The molecule has 5 aromatic rings. The number of pyridine rings is 1. The number of carbonyl (C=O) groups excluding carboxylic acids is 1. The predicted octanol–water partition coefficient (Wildman–Crippen LogP) is 7.78. The second-order valence-electron chi connectivity index (χ2n) is 8.58. The highest BCUT2D eigenvalue weighted by Gasteiger charge is 2.15. The summed E-state index contributed by atoms with van der Waals surface area (Å²) in [5.74, 6) is 0.713. The van der Waals surface area contributed by atoms with Gasteiger partial charge in [0.1, 0.15) is 6.61 Å². The zero-order chi connectivity index (χ0) is 27.2. The van der Waals surface area contributed by atoms with Gasteiger partial charge in [0.25, 0.3) is 5.91 Å². The highest BCUT2D eigenvalue weighted by molar-refractivity contribution is 9.10. The van der Waals surface area contributed by atoms with Crippen molar-refractivity contribution in [2.75, 3.05) is 7.11 Å². The maximum atomic E-state index is 13.3. The summed E-state index contributed by atoms with van der Waals surface area (Å²) in [6.07, 6.45) is 1.55. The number of carbonyl (C=O) groups is 1. The molecule has 0 spiro atoms. The summed E-state index contributed by atoms with van der Waals surface area (Å²) in [6, 6.07) is 30.7. The van der Waals surface area contributed by atoms with Crippen LogP contribution in [0.15, 0.2) is 111 Å². The van der Waals surface area contributed by atoms with E-state index in [0.29, 0.717) is 34.9 Å². The minimum atomic E-state index is -0.346. The molecule has 0 aliphatic rings. The molecule has 1 heterocycles. The zero-order valence-corrected chi connectivity index (χ0v) is 24.1. The number of aromatic nitrogens is 1. The van der Waals surface area contributed by atoms with E-state index in [0.717, 1.165) is 31.0 Å². The predicted molar refractivity (Wildman–Crippen MR) is 161 cm³/mol. The van der Waals surface area contributed by atoms with Crippen molar-refractivity contribution >= 4 is 54.9 Å². The smallest absolute Gasteiger partial charge is 0.272 e. The number of halogens is 2. The first-order valence-electron chi connectivity index (χ1n) is 12.0. The number of nitrogens with zero attached hydrogens (tertiary/aromatic N) is 2. The Balaban J connectivity index is 1.42. The molecule has 4 aromatic carbocycles. The van der Waals surface area contributed by atoms with E-state index in [9.17, 15) is 4.79 Å². The molecular formula is C31H23Br2N3O3. The maximum absolute atomic E-state index is 13.3. The van der Waals surface area contributed by atoms with Crippen molar-refractivity contribution in [2.24, 2.45) is 5.10 Å². The molecule has 0 fully saturated rings. The minimum Gasteiger partial charge on any atom is -0.493 e. The average molecular weight is 645 g/mol. The third-order valence-electron chi connectivity index (χ3n) is 5.96. The molecule has 0 atom stereocenters. The lowest BCUT2D eigenvalue weighted by molar-refractivity contribution is 0.0956. The van der Waals surface area contributed by atoms with E-state index in [1.807, 2.05) is 91.0 Å². The summed E-state index contributed by atoms with van der Waals surface area (Å²) >= 11 is 6.96. The second-order valence-corrected chi connectivity index (χ2v) is 10.4. The van der Waals surface area contributed by atoms with Crippen molar-refractivity contribution in [1.82, 2.24) is 10.4 Å². The van der Waals surface area contributed by atoms with Crippen LogP contribution in [0.5, 0.6) is 11.5 Å². The van der Waals surface area contributed by atoms with Crippen LogP contribution in [0.4, 0.5) is 0 Å². The second kappa shape index (κ2) is 12.2. The monoisotopic (exact) mass is 643 g/mol. The van der Waals surface area contributed by atoms with Gasteiger partial charge in [0.15, 0.2) is 11.5 Å². The van der Waals surface area contributed by atoms with Crippen LogP contribution in [0.1, 0.15) is 21.5 Å². The Morgan fingerprint density at radius 3 is 2.44 bits per heavy atom. The molecule has 6 nitrogen and oxygen atoms in total. The van der Waals surface area contributed by atoms with Crippen LogP contribution in [0.2, 0.25) is 0 Å². The maximum Gasteiger partial charge on any atom is 0.272 e. The fourth-order valence-electron chi connectivity index (χ4n) is 4.07. The first-order valence-corrected chi connectivity index (χ1v) is 13.6. The van der Waals surface area contributed by atoms with E-state index in [2.05, 4.69) is 42.4 Å². The lowest BCUT2D eigenvalue weighted by Gasteiger charge is -2.14. The lowest BCUT2D eigenvalue weighted by Crippen LogP contribution is -2.18. The molecule has 8 heteroatoms. The summed E-state index contributed by atoms with van der Waals surface area (Å²) < 4.78 is 13.5. The van der Waals surface area contributed by atoms with Gasteiger partial charge in [-0.1, -0.05) is 92.5 Å². The Labute approximate surface area is 243 Å². The van der Waals surface area contributed by atoms with E-state index in [1.54, 1.807) is 19.4 Å². The topological polar surface area (TPSA) is 72.8 Å². The van der Waals surface area contributed by atoms with Gasteiger partial charge in [-0.3, -0.25) is 4.79 Å². The average Bonchev–Trinajstić information content (AvgIpc) is 2.97. The van der Waals surface area contributed by atoms with Gasteiger partial charge in [-0.2, -0.15) is 5.10 Å². The van der Waals surface area contributed by atoms with Crippen LogP contribution in [0.3, 0.4) is 0 Å². The molecule has 0 saturated heterocycles. The van der Waals surface area contributed by atoms with Crippen LogP contribution >= 0.6 is 31.9 Å². The van der Waals surface area contributed by atoms with E-state index in [4.69, 9.17) is 14.5 Å². The van der Waals surface area contributed by atoms with Crippen molar-refractivity contribution in [3.8, 4) is 22.8 Å². The third-order valence-corrected chi connectivity index (χ3v) is 6.95. The Bertz CT molecular complexity index is 1660. The molecule has 0 bridgehead atoms. The van der Waals surface area contributed by atoms with Crippen molar-refractivity contribution in [3.63, 3.8) is 0 Å². The minimum absolute atomic E-state index is 0.337. The molecule has 1 N–H and O–H groups in total. The quantitative estimate of drug-likeness (QED) is 0.138. The molecule has 1 aromatic heterocycles. The van der Waals surface area contributed by atoms with E-state index >= 15 is 0 Å². The van der Waals surface area contributed by atoms with Gasteiger partial charge in [0.05, 0.1) is 30.1 Å². The number of amides is 1. The Hall–Kier alpha value is -4.01. The first kappa shape index (κ1) is 26.6. The Kier molecular flexibility index (Phi) is 8.34. The number of hydrogen-bond acceptors (Lipinski definition) is 5. The molecular weight excluding hydrogens is 622 g/mol. The summed E-state index contributed by atoms with van der Waals surface area (Å²) in [6.45, 7) is 0.337. The molecule has 0 unspecified atom stereocenters. The van der Waals surface area contributed by atoms with Crippen LogP contribution in [-0.2, 0) is 6.61 Å². The van der Waals surface area contributed by atoms with E-state index in [1.165, 1.54) is 0 Å². The van der Waals surface area contributed by atoms with Gasteiger partial charge in [-0.15, -0.1) is 0 Å². The number of nitrogens with one attached hydrogen (secondary N) is 1. The number of fused-ring (bicyclic) bond motifs is 1. The number of methoxy groups -OCH3 is 1. The van der Waals surface area contributed by atoms with Crippen molar-refractivity contribution in [2.45, 2.75) is 6.61 Å². The van der Waals surface area contributed by atoms with Crippen molar-refractivity contribution < 1.29 is 14.3 Å². The van der Waals surface area contributed by atoms with Crippen LogP contribution < -0.4 is 14.9 Å². The van der Waals surface area contributed by atoms with Crippen LogP contribution in [0.25, 0.3) is 22.2 Å². The van der Waals surface area contributed by atoms with Gasteiger partial charge in [-0.05, 0) is 42.0 Å². The fraction of sp³-hybridized carbons (Fsp3) is 0.0645. The van der Waals surface area contributed by atoms with Gasteiger partial charge in [0, 0.05) is 25.5 Å². The lowest BCUT2D eigenvalue weighted by atomic mass is 10.0.